The summed E-state index contributed by atoms with van der Waals surface area (Å²) in [4.78, 5) is 28.6. The first-order valence-corrected chi connectivity index (χ1v) is 15.3. The number of sulfonamides is 1. The van der Waals surface area contributed by atoms with Crippen LogP contribution >= 0.6 is 0 Å². The first kappa shape index (κ1) is 31.7. The topological polar surface area (TPSA) is 96.0 Å². The number of ether oxygens (including phenoxy) is 1. The van der Waals surface area contributed by atoms with Gasteiger partial charge < -0.3 is 15.0 Å². The Morgan fingerprint density at radius 3 is 2.15 bits per heavy atom. The van der Waals surface area contributed by atoms with E-state index in [0.717, 1.165) is 21.0 Å². The number of carbonyl (C=O) groups is 2. The molecule has 1 atom stereocenters. The van der Waals surface area contributed by atoms with Crippen LogP contribution in [0.3, 0.4) is 0 Å². The van der Waals surface area contributed by atoms with Crippen LogP contribution in [0.25, 0.3) is 0 Å². The second-order valence-corrected chi connectivity index (χ2v) is 12.4. The van der Waals surface area contributed by atoms with Crippen molar-refractivity contribution in [1.82, 2.24) is 10.2 Å². The molecule has 0 aliphatic carbocycles. The lowest BCUT2D eigenvalue weighted by atomic mass is 10.1. The number of hydrogen-bond acceptors (Lipinski definition) is 5. The molecule has 0 saturated carbocycles. The Kier molecular flexibility index (Phi) is 10.9. The third kappa shape index (κ3) is 8.57. The first-order valence-electron chi connectivity index (χ1n) is 13.9. The Morgan fingerprint density at radius 2 is 1.56 bits per heavy atom. The predicted molar refractivity (Wildman–Crippen MR) is 162 cm³/mol. The molecule has 0 aliphatic rings. The summed E-state index contributed by atoms with van der Waals surface area (Å²) in [5, 5.41) is 2.90. The van der Waals surface area contributed by atoms with Gasteiger partial charge in [-0.15, -0.1) is 0 Å². The van der Waals surface area contributed by atoms with Gasteiger partial charge in [-0.05, 0) is 75.6 Å². The summed E-state index contributed by atoms with van der Waals surface area (Å²) in [7, 11) is -4.14. The molecule has 0 saturated heterocycles. The van der Waals surface area contributed by atoms with E-state index in [9.17, 15) is 18.0 Å². The third-order valence-corrected chi connectivity index (χ3v) is 8.40. The minimum absolute atomic E-state index is 0.0299. The number of benzene rings is 3. The van der Waals surface area contributed by atoms with Crippen molar-refractivity contribution in [3.63, 3.8) is 0 Å². The first-order chi connectivity index (χ1) is 19.4. The Bertz CT molecular complexity index is 1420. The second kappa shape index (κ2) is 14.2. The maximum atomic E-state index is 14.0. The molecule has 0 bridgehead atoms. The Morgan fingerprint density at radius 1 is 0.902 bits per heavy atom. The Balaban J connectivity index is 2.00. The van der Waals surface area contributed by atoms with Crippen LogP contribution in [0.15, 0.2) is 77.7 Å². The Labute approximate surface area is 244 Å². The summed E-state index contributed by atoms with van der Waals surface area (Å²) in [5.74, 6) is 0.00286. The third-order valence-electron chi connectivity index (χ3n) is 6.61. The predicted octanol–water partition coefficient (Wildman–Crippen LogP) is 5.09. The summed E-state index contributed by atoms with van der Waals surface area (Å²) in [6.07, 6.45) is 0. The summed E-state index contributed by atoms with van der Waals surface area (Å²) < 4.78 is 34.5. The van der Waals surface area contributed by atoms with Crippen LogP contribution < -0.4 is 14.4 Å². The summed E-state index contributed by atoms with van der Waals surface area (Å²) in [5.41, 5.74) is 3.17. The van der Waals surface area contributed by atoms with Gasteiger partial charge in [-0.2, -0.15) is 0 Å². The number of anilines is 1. The fourth-order valence-corrected chi connectivity index (χ4v) is 5.70. The van der Waals surface area contributed by atoms with E-state index in [0.29, 0.717) is 24.6 Å². The molecule has 0 spiro atoms. The van der Waals surface area contributed by atoms with Gasteiger partial charge in [-0.25, -0.2) is 8.42 Å². The summed E-state index contributed by atoms with van der Waals surface area (Å²) in [6.45, 7) is 12.0. The average molecular weight is 580 g/mol. The molecule has 0 heterocycles. The van der Waals surface area contributed by atoms with E-state index in [1.165, 1.54) is 17.0 Å². The molecule has 8 nitrogen and oxygen atoms in total. The number of rotatable bonds is 13. The molecule has 220 valence electrons. The summed E-state index contributed by atoms with van der Waals surface area (Å²) >= 11 is 0. The molecule has 9 heteroatoms. The number of amides is 2. The number of carbonyl (C=O) groups excluding carboxylic acids is 2. The van der Waals surface area contributed by atoms with E-state index in [4.69, 9.17) is 4.74 Å². The van der Waals surface area contributed by atoms with Crippen LogP contribution in [0.1, 0.15) is 44.4 Å². The lowest BCUT2D eigenvalue weighted by Crippen LogP contribution is -2.51. The molecule has 1 unspecified atom stereocenters. The molecule has 0 fully saturated rings. The largest absolute Gasteiger partial charge is 0.494 e. The zero-order valence-corrected chi connectivity index (χ0v) is 25.6. The van der Waals surface area contributed by atoms with Crippen molar-refractivity contribution < 1.29 is 22.7 Å². The molecule has 41 heavy (non-hydrogen) atoms. The molecule has 0 aliphatic heterocycles. The highest BCUT2D eigenvalue weighted by atomic mass is 32.2. The van der Waals surface area contributed by atoms with Crippen molar-refractivity contribution in [2.24, 2.45) is 5.92 Å². The van der Waals surface area contributed by atoms with E-state index in [1.54, 1.807) is 43.3 Å². The van der Waals surface area contributed by atoms with Gasteiger partial charge in [-0.3, -0.25) is 13.9 Å². The molecule has 0 radical (unpaired) electrons. The van der Waals surface area contributed by atoms with Gasteiger partial charge in [-0.1, -0.05) is 61.4 Å². The van der Waals surface area contributed by atoms with Crippen LogP contribution in [0.2, 0.25) is 0 Å². The molecule has 0 aromatic heterocycles. The molecule has 3 aromatic carbocycles. The fourth-order valence-electron chi connectivity index (χ4n) is 4.28. The minimum atomic E-state index is -4.14. The van der Waals surface area contributed by atoms with Gasteiger partial charge in [0.05, 0.1) is 17.2 Å². The average Bonchev–Trinajstić information content (AvgIpc) is 2.94. The van der Waals surface area contributed by atoms with Crippen molar-refractivity contribution in [3.8, 4) is 5.75 Å². The van der Waals surface area contributed by atoms with Crippen molar-refractivity contribution in [3.05, 3.63) is 89.5 Å². The molecular formula is C32H41N3O5S. The number of hydrogen-bond donors (Lipinski definition) is 1. The zero-order valence-electron chi connectivity index (χ0n) is 24.8. The quantitative estimate of drug-likeness (QED) is 0.305. The smallest absolute Gasteiger partial charge is 0.264 e. The Hall–Kier alpha value is -3.85. The SMILES string of the molecule is CCOc1ccc(S(=O)(=O)N(CC(=O)N(Cc2cccc(C)c2)C(C)C(=O)NCC(C)C)c2ccc(C)cc2)cc1. The van der Waals surface area contributed by atoms with Gasteiger partial charge in [0.2, 0.25) is 11.8 Å². The van der Waals surface area contributed by atoms with Crippen molar-refractivity contribution in [2.45, 2.75) is 59.0 Å². The van der Waals surface area contributed by atoms with E-state index in [1.807, 2.05) is 58.9 Å². The van der Waals surface area contributed by atoms with Gasteiger partial charge in [0.15, 0.2) is 0 Å². The molecule has 1 N–H and O–H groups in total. The number of nitrogens with zero attached hydrogens (tertiary/aromatic N) is 2. The van der Waals surface area contributed by atoms with Crippen LogP contribution in [0.5, 0.6) is 5.75 Å². The van der Waals surface area contributed by atoms with Gasteiger partial charge in [0.1, 0.15) is 18.3 Å². The van der Waals surface area contributed by atoms with Crippen LogP contribution in [-0.2, 0) is 26.2 Å². The standard InChI is InChI=1S/C32H41N3O5S/c1-7-40-29-15-17-30(18-16-29)41(38,39)35(28-13-11-24(4)12-14-28)22-31(36)34(21-27-10-8-9-25(5)19-27)26(6)32(37)33-20-23(2)3/h8-19,23,26H,7,20-22H2,1-6H3,(H,33,37). The van der Waals surface area contributed by atoms with Crippen molar-refractivity contribution in [1.29, 1.82) is 0 Å². The second-order valence-electron chi connectivity index (χ2n) is 10.6. The van der Waals surface area contributed by atoms with Gasteiger partial charge >= 0.3 is 0 Å². The number of nitrogens with one attached hydrogen (secondary N) is 1. The fraction of sp³-hybridized carbons (Fsp3) is 0.375. The van der Waals surface area contributed by atoms with Crippen LogP contribution in [0, 0.1) is 19.8 Å². The van der Waals surface area contributed by atoms with Crippen molar-refractivity contribution in [2.75, 3.05) is 24.0 Å². The van der Waals surface area contributed by atoms with E-state index in [-0.39, 0.29) is 23.3 Å². The van der Waals surface area contributed by atoms with E-state index in [2.05, 4.69) is 5.32 Å². The summed E-state index contributed by atoms with van der Waals surface area (Å²) in [6, 6.07) is 20.0. The normalized spacial score (nSPS) is 12.1. The highest BCUT2D eigenvalue weighted by Crippen LogP contribution is 2.26. The zero-order chi connectivity index (χ0) is 30.2. The maximum Gasteiger partial charge on any atom is 0.264 e. The molecule has 3 rings (SSSR count). The lowest BCUT2D eigenvalue weighted by molar-refractivity contribution is -0.139. The van der Waals surface area contributed by atoms with Crippen LogP contribution in [0.4, 0.5) is 5.69 Å². The minimum Gasteiger partial charge on any atom is -0.494 e. The molecule has 3 aromatic rings. The molecular weight excluding hydrogens is 538 g/mol. The molecule has 2 amide bonds. The van der Waals surface area contributed by atoms with Gasteiger partial charge in [0.25, 0.3) is 10.0 Å². The highest BCUT2D eigenvalue weighted by Gasteiger charge is 2.32. The maximum absolute atomic E-state index is 14.0. The van der Waals surface area contributed by atoms with Crippen molar-refractivity contribution >= 4 is 27.5 Å². The lowest BCUT2D eigenvalue weighted by Gasteiger charge is -2.32. The van der Waals surface area contributed by atoms with Crippen LogP contribution in [-0.4, -0.2) is 50.9 Å². The van der Waals surface area contributed by atoms with E-state index < -0.39 is 28.5 Å². The van der Waals surface area contributed by atoms with E-state index >= 15 is 0 Å². The monoisotopic (exact) mass is 579 g/mol. The number of aryl methyl sites for hydroxylation is 2. The van der Waals surface area contributed by atoms with Gasteiger partial charge in [0, 0.05) is 13.1 Å². The highest BCUT2D eigenvalue weighted by molar-refractivity contribution is 7.92.